The minimum atomic E-state index is 0. The molecular formula is C108H90N36Pt6. The van der Waals surface area contributed by atoms with Crippen LogP contribution in [0.4, 0.5) is 0 Å². The van der Waals surface area contributed by atoms with Gasteiger partial charge in [-0.25, -0.2) is 29.9 Å². The average molecular weight is 3060 g/mol. The van der Waals surface area contributed by atoms with E-state index in [1.165, 1.54) is 21.5 Å². The van der Waals surface area contributed by atoms with E-state index in [9.17, 15) is 0 Å². The maximum absolute atomic E-state index is 4.90. The third-order valence-electron chi connectivity index (χ3n) is 24.6. The van der Waals surface area contributed by atoms with Crippen LogP contribution in [0.2, 0.25) is 0 Å². The molecule has 1 N–H and O–H groups in total. The van der Waals surface area contributed by atoms with Gasteiger partial charge in [-0.15, -0.1) is 43.4 Å². The molecule has 0 aliphatic carbocycles. The number of nitrogens with one attached hydrogen (secondary N) is 1. The molecule has 0 fully saturated rings. The summed E-state index contributed by atoms with van der Waals surface area (Å²) in [6.07, 6.45) is 67.6. The number of aryl methyl sites for hydroxylation is 12. The Morgan fingerprint density at radius 3 is 0.947 bits per heavy atom. The molecule has 0 spiro atoms. The van der Waals surface area contributed by atoms with Crippen molar-refractivity contribution < 1.29 is 126 Å². The maximum atomic E-state index is 4.90. The predicted octanol–water partition coefficient (Wildman–Crippen LogP) is 16.3. The van der Waals surface area contributed by atoms with Crippen LogP contribution in [0.15, 0.2) is 326 Å². The van der Waals surface area contributed by atoms with Gasteiger partial charge in [0.15, 0.2) is 0 Å². The van der Waals surface area contributed by atoms with Gasteiger partial charge in [-0.3, -0.25) is 0 Å². The van der Waals surface area contributed by atoms with Crippen molar-refractivity contribution in [2.45, 2.75) is 0 Å². The summed E-state index contributed by atoms with van der Waals surface area (Å²) in [7, 11) is 23.3. The van der Waals surface area contributed by atoms with Gasteiger partial charge in [-0.05, 0) is 169 Å². The van der Waals surface area contributed by atoms with Gasteiger partial charge in [0.05, 0.1) is 30.4 Å². The number of aromatic nitrogens is 36. The molecule has 24 aromatic heterocycles. The van der Waals surface area contributed by atoms with E-state index < -0.39 is 0 Å². The monoisotopic (exact) mass is 3060 g/mol. The molecule has 0 radical (unpaired) electrons. The van der Waals surface area contributed by atoms with Crippen molar-refractivity contribution in [3.05, 3.63) is 363 Å². The molecule has 150 heavy (non-hydrogen) atoms. The number of hydrogen-bond acceptors (Lipinski definition) is 12. The summed E-state index contributed by atoms with van der Waals surface area (Å²) >= 11 is 0. The van der Waals surface area contributed by atoms with Crippen LogP contribution in [0.25, 0.3) is 206 Å². The molecule has 0 atom stereocenters. The largest absolute Gasteiger partial charge is 2.00 e. The van der Waals surface area contributed by atoms with E-state index in [0.717, 1.165) is 185 Å². The molecule has 0 bridgehead atoms. The van der Waals surface area contributed by atoms with E-state index >= 15 is 0 Å². The molecule has 6 aromatic carbocycles. The molecule has 0 aliphatic rings. The smallest absolute Gasteiger partial charge is 0.472 e. The number of nitrogens with zero attached hydrogens (tertiary/aromatic N) is 35. The predicted molar refractivity (Wildman–Crippen MR) is 555 cm³/mol. The second-order valence-corrected chi connectivity index (χ2v) is 34.5. The maximum Gasteiger partial charge on any atom is 2.00 e. The summed E-state index contributed by atoms with van der Waals surface area (Å²) in [5.74, 6) is 4.17. The minimum absolute atomic E-state index is 0. The molecule has 0 saturated carbocycles. The Balaban J connectivity index is 0.000000124. The van der Waals surface area contributed by atoms with Crippen LogP contribution in [0.3, 0.4) is 0 Å². The van der Waals surface area contributed by atoms with E-state index in [1.807, 2.05) is 312 Å². The molecule has 42 heteroatoms. The number of H-pyrrole nitrogens is 1. The van der Waals surface area contributed by atoms with Gasteiger partial charge in [0.2, 0.25) is 0 Å². The number of benzene rings is 6. The molecule has 0 saturated heterocycles. The van der Waals surface area contributed by atoms with E-state index in [1.54, 1.807) is 67.1 Å². The fourth-order valence-corrected chi connectivity index (χ4v) is 17.7. The summed E-state index contributed by atoms with van der Waals surface area (Å²) < 4.78 is 32.9. The standard InChI is InChI=1S/4C18H14N6.C14H11N4.C10H7N2.C4H6N2.2C4H5N2.6Pt/c4*1-22-10-15(20-11-22)14-5-3-4-12-13-6-8-24(17(13)21-16(12)14)18-19-7-9-23(18)2;1-17-9-7-15-14(17)18-8-6-11-10-4-2-3-5-12(10)16-13(11)18;1-2-4-9-7(3-1)8-5-6-11-10(8)12-9;3*1-6-3-2-5-4-6;;;;;;/h2*3-6,8-11H,1-2H3;2*3-10H,1-2H3;2-9H,1H3;1-6,11H;2-4H,1H3;3-4H,1H3;2-3H,1H3;;;;;;/q4*-2;2*-1;;2*-1;6*+2. The molecular weight excluding hydrogens is 2970 g/mol. The zero-order valence-electron chi connectivity index (χ0n) is 82.1. The normalized spacial score (nSPS) is 10.9. The van der Waals surface area contributed by atoms with E-state index in [4.69, 9.17) is 19.9 Å². The second-order valence-electron chi connectivity index (χ2n) is 34.5. The van der Waals surface area contributed by atoms with Crippen LogP contribution in [0, 0.1) is 37.6 Å². The zero-order chi connectivity index (χ0) is 98.3. The van der Waals surface area contributed by atoms with Crippen molar-refractivity contribution >= 4 is 132 Å². The molecule has 30 aromatic rings. The van der Waals surface area contributed by atoms with Crippen molar-refractivity contribution in [3.63, 3.8) is 0 Å². The Morgan fingerprint density at radius 2 is 0.640 bits per heavy atom. The van der Waals surface area contributed by atoms with Gasteiger partial charge < -0.3 is 142 Å². The molecule has 36 nitrogen and oxygen atoms in total. The Hall–Kier alpha value is -15.6. The Kier molecular flexibility index (Phi) is 33.2. The van der Waals surface area contributed by atoms with Crippen molar-refractivity contribution in [1.82, 2.24) is 172 Å². The zero-order valence-corrected chi connectivity index (χ0v) is 95.8. The van der Waals surface area contributed by atoms with Crippen LogP contribution < -0.4 is 29.9 Å². The van der Waals surface area contributed by atoms with Crippen LogP contribution in [-0.4, -0.2) is 142 Å². The van der Waals surface area contributed by atoms with Gasteiger partial charge in [-0.1, -0.05) is 259 Å². The molecule has 24 heterocycles. The number of fused-ring (bicyclic) bond motifs is 18. The summed E-state index contributed by atoms with van der Waals surface area (Å²) in [5.41, 5.74) is 19.3. The van der Waals surface area contributed by atoms with E-state index in [2.05, 4.69) is 222 Å². The fourth-order valence-electron chi connectivity index (χ4n) is 17.7. The van der Waals surface area contributed by atoms with Crippen molar-refractivity contribution in [3.8, 4) is 74.8 Å². The molecule has 0 aliphatic heterocycles. The molecule has 30 rings (SSSR count). The first-order chi connectivity index (χ1) is 70.4. The van der Waals surface area contributed by atoms with Crippen molar-refractivity contribution in [2.75, 3.05) is 0 Å². The summed E-state index contributed by atoms with van der Waals surface area (Å²) in [6.45, 7) is 0. The molecule has 0 amide bonds. The van der Waals surface area contributed by atoms with Crippen molar-refractivity contribution in [2.24, 2.45) is 84.6 Å². The van der Waals surface area contributed by atoms with Gasteiger partial charge in [0.25, 0.3) is 0 Å². The Morgan fingerprint density at radius 1 is 0.253 bits per heavy atom. The average Bonchev–Trinajstić information content (AvgIpc) is 1.58. The quantitative estimate of drug-likeness (QED) is 0.131. The SMILES string of the molecule is Cn1[c-]nc(-c2cccc3c2[n-]c2c3ccn2-c2nccn2C)c1.Cn1[c-]nc(-c2cccc3c2[n-]c2c3ccn2-c2nccn2C)c1.Cn1[c-]ncc1.Cn1c[c-]nc1.Cn1ccnc1.Cn1ccnc1-n1ccc2c3ccccc3[n-]c21.Cn1cnc(-c2cccc3c2[n-]c2c3ccn2-c2n[c-]cn2C)c1.Cn1cnc(-c2cccc3c2[n-]c2c3ccn2-c2n[c-]cn2C)c1.[Pt+2].[Pt+2].[Pt+2].[Pt+2].[Pt+2].[Pt+2].c1ccc2c(c1)[n-]c1[nH]ccc12. The van der Waals surface area contributed by atoms with Crippen LogP contribution >= 0.6 is 0 Å². The summed E-state index contributed by atoms with van der Waals surface area (Å²) in [4.78, 5) is 82.4. The molecule has 762 valence electrons. The van der Waals surface area contributed by atoms with E-state index in [-0.39, 0.29) is 126 Å². The number of rotatable bonds is 9. The van der Waals surface area contributed by atoms with Gasteiger partial charge in [-0.2, -0.15) is 0 Å². The number of hydrogen-bond donors (Lipinski definition) is 1. The van der Waals surface area contributed by atoms with Crippen LogP contribution in [0.5, 0.6) is 0 Å². The minimum Gasteiger partial charge on any atom is -0.472 e. The van der Waals surface area contributed by atoms with Gasteiger partial charge in [0.1, 0.15) is 17.8 Å². The first-order valence-corrected chi connectivity index (χ1v) is 45.8. The Labute approximate surface area is 944 Å². The van der Waals surface area contributed by atoms with Crippen molar-refractivity contribution in [1.29, 1.82) is 0 Å². The number of imidazole rings is 12. The first kappa shape index (κ1) is 107. The summed E-state index contributed by atoms with van der Waals surface area (Å²) in [6, 6.07) is 53.7. The van der Waals surface area contributed by atoms with Gasteiger partial charge in [0, 0.05) is 134 Å². The fraction of sp³-hybridized carbons (Fsp3) is 0.111. The topological polar surface area (TPSA) is 339 Å². The number of aromatic amines is 1. The van der Waals surface area contributed by atoms with Crippen LogP contribution in [0.1, 0.15) is 0 Å². The number of para-hydroxylation sites is 6. The van der Waals surface area contributed by atoms with Gasteiger partial charge >= 0.3 is 126 Å². The first-order valence-electron chi connectivity index (χ1n) is 45.8. The van der Waals surface area contributed by atoms with Crippen LogP contribution in [-0.2, 0) is 211 Å². The second kappa shape index (κ2) is 46.5. The van der Waals surface area contributed by atoms with E-state index in [0.29, 0.717) is 0 Å². The Bertz CT molecular complexity index is 8820. The summed E-state index contributed by atoms with van der Waals surface area (Å²) in [5, 5.41) is 13.8. The molecule has 0 unspecified atom stereocenters. The third-order valence-corrected chi connectivity index (χ3v) is 24.6. The third kappa shape index (κ3) is 21.2.